The Morgan fingerprint density at radius 1 is 0.921 bits per heavy atom. The number of para-hydroxylation sites is 1. The van der Waals surface area contributed by atoms with Crippen molar-refractivity contribution in [3.63, 3.8) is 0 Å². The fourth-order valence-electron chi connectivity index (χ4n) is 4.82. The Labute approximate surface area is 224 Å². The molecule has 6 rings (SSSR count). The van der Waals surface area contributed by atoms with Crippen LogP contribution >= 0.6 is 11.3 Å². The van der Waals surface area contributed by atoms with Crippen LogP contribution in [-0.2, 0) is 0 Å². The number of anilines is 2. The third-order valence-corrected chi connectivity index (χ3v) is 7.43. The molecule has 0 aliphatic rings. The molecule has 38 heavy (non-hydrogen) atoms. The zero-order chi connectivity index (χ0) is 26.2. The van der Waals surface area contributed by atoms with Crippen LogP contribution < -0.4 is 15.8 Å². The summed E-state index contributed by atoms with van der Waals surface area (Å²) in [5.74, 6) is 0.644. The molecule has 0 saturated heterocycles. The molecule has 1 N–H and O–H groups in total. The van der Waals surface area contributed by atoms with Gasteiger partial charge in [0.25, 0.3) is 5.56 Å². The topological polar surface area (TPSA) is 75.9 Å². The maximum Gasteiger partial charge on any atom is 0.263 e. The lowest BCUT2D eigenvalue weighted by molar-refractivity contribution is 0.774. The second kappa shape index (κ2) is 9.72. The summed E-state index contributed by atoms with van der Waals surface area (Å²) in [7, 11) is 4.03. The highest BCUT2D eigenvalue weighted by atomic mass is 32.1. The van der Waals surface area contributed by atoms with Crippen molar-refractivity contribution in [3.05, 3.63) is 107 Å². The first-order valence-electron chi connectivity index (χ1n) is 12.3. The summed E-state index contributed by atoms with van der Waals surface area (Å²) < 4.78 is 1.80. The van der Waals surface area contributed by atoms with Gasteiger partial charge in [-0.15, -0.1) is 11.3 Å². The summed E-state index contributed by atoms with van der Waals surface area (Å²) in [6.45, 7) is 2.03. The molecule has 0 amide bonds. The van der Waals surface area contributed by atoms with Crippen molar-refractivity contribution in [2.45, 2.75) is 13.0 Å². The highest BCUT2D eigenvalue weighted by Crippen LogP contribution is 2.32. The Bertz CT molecular complexity index is 1830. The smallest absolute Gasteiger partial charge is 0.263 e. The molecule has 0 fully saturated rings. The van der Waals surface area contributed by atoms with Crippen molar-refractivity contribution < 1.29 is 0 Å². The van der Waals surface area contributed by atoms with Gasteiger partial charge in [-0.25, -0.2) is 15.0 Å². The Hall–Kier alpha value is -4.56. The van der Waals surface area contributed by atoms with E-state index in [0.29, 0.717) is 11.2 Å². The lowest BCUT2D eigenvalue weighted by Gasteiger charge is -2.22. The maximum atomic E-state index is 14.4. The van der Waals surface area contributed by atoms with Gasteiger partial charge in [0.2, 0.25) is 0 Å². The van der Waals surface area contributed by atoms with Gasteiger partial charge in [-0.05, 0) is 53.8 Å². The molecule has 0 saturated carbocycles. The van der Waals surface area contributed by atoms with Gasteiger partial charge in [0.15, 0.2) is 5.82 Å². The average Bonchev–Trinajstić information content (AvgIpc) is 3.43. The van der Waals surface area contributed by atoms with Crippen molar-refractivity contribution in [1.82, 2.24) is 19.5 Å². The van der Waals surface area contributed by atoms with Gasteiger partial charge in [-0.3, -0.25) is 9.36 Å². The van der Waals surface area contributed by atoms with E-state index >= 15 is 0 Å². The van der Waals surface area contributed by atoms with Gasteiger partial charge in [0, 0.05) is 31.2 Å². The molecule has 8 heteroatoms. The van der Waals surface area contributed by atoms with Gasteiger partial charge in [-0.2, -0.15) is 0 Å². The van der Waals surface area contributed by atoms with Crippen molar-refractivity contribution in [2.24, 2.45) is 0 Å². The summed E-state index contributed by atoms with van der Waals surface area (Å²) in [5, 5.41) is 5.06. The summed E-state index contributed by atoms with van der Waals surface area (Å²) in [6.07, 6.45) is 1.54. The zero-order valence-electron chi connectivity index (χ0n) is 21.3. The number of fused-ring (bicyclic) bond motifs is 2. The van der Waals surface area contributed by atoms with E-state index in [4.69, 9.17) is 0 Å². The van der Waals surface area contributed by atoms with Crippen LogP contribution in [0.5, 0.6) is 0 Å². The van der Waals surface area contributed by atoms with E-state index in [0.717, 1.165) is 43.9 Å². The van der Waals surface area contributed by atoms with E-state index in [-0.39, 0.29) is 11.6 Å². The molecule has 0 aliphatic carbocycles. The summed E-state index contributed by atoms with van der Waals surface area (Å²) in [6, 6.07) is 25.9. The number of hydrogen-bond donors (Lipinski definition) is 1. The van der Waals surface area contributed by atoms with Crippen molar-refractivity contribution in [2.75, 3.05) is 24.3 Å². The molecule has 3 heterocycles. The standard InChI is InChI=1S/C30H26N6OS/c1-19(34-28-27-29(32-17-31-28)38-18-33-27)25-16-21-10-8-14-24(20-9-7-13-23(15-20)35(2)3)26(21)30(37)36(25)22-11-5-4-6-12-22/h4-19H,1-3H3,(H,31,32,34). The second-order valence-electron chi connectivity index (χ2n) is 9.35. The van der Waals surface area contributed by atoms with Crippen molar-refractivity contribution in [1.29, 1.82) is 0 Å². The SMILES string of the molecule is CC(Nc1ncnc2scnc12)c1cc2cccc(-c3cccc(N(C)C)c3)c2c(=O)n1-c1ccccc1. The molecule has 0 spiro atoms. The quantitative estimate of drug-likeness (QED) is 0.279. The molecule has 3 aromatic heterocycles. The van der Waals surface area contributed by atoms with Gasteiger partial charge in [-0.1, -0.05) is 48.5 Å². The van der Waals surface area contributed by atoms with E-state index < -0.39 is 0 Å². The van der Waals surface area contributed by atoms with Crippen LogP contribution in [0.25, 0.3) is 37.9 Å². The molecule has 0 aliphatic heterocycles. The molecule has 1 unspecified atom stereocenters. The van der Waals surface area contributed by atoms with Gasteiger partial charge in [0.05, 0.1) is 16.9 Å². The Morgan fingerprint density at radius 2 is 1.74 bits per heavy atom. The number of rotatable bonds is 6. The highest BCUT2D eigenvalue weighted by Gasteiger charge is 2.20. The molecule has 0 bridgehead atoms. The van der Waals surface area contributed by atoms with Gasteiger partial charge in [0.1, 0.15) is 16.7 Å². The van der Waals surface area contributed by atoms with Gasteiger partial charge >= 0.3 is 0 Å². The fourth-order valence-corrected chi connectivity index (χ4v) is 5.44. The molecule has 0 radical (unpaired) electrons. The van der Waals surface area contributed by atoms with Crippen molar-refractivity contribution >= 4 is 44.0 Å². The van der Waals surface area contributed by atoms with E-state index in [1.807, 2.05) is 75.6 Å². The maximum absolute atomic E-state index is 14.4. The van der Waals surface area contributed by atoms with Crippen LogP contribution in [0.15, 0.2) is 95.5 Å². The van der Waals surface area contributed by atoms with Crippen LogP contribution in [0, 0.1) is 0 Å². The minimum Gasteiger partial charge on any atom is -0.378 e. The molecular weight excluding hydrogens is 492 g/mol. The second-order valence-corrected chi connectivity index (χ2v) is 10.2. The zero-order valence-corrected chi connectivity index (χ0v) is 22.1. The third-order valence-electron chi connectivity index (χ3n) is 6.69. The number of nitrogens with one attached hydrogen (secondary N) is 1. The van der Waals surface area contributed by atoms with Crippen LogP contribution in [-0.4, -0.2) is 33.6 Å². The van der Waals surface area contributed by atoms with Crippen LogP contribution in [0.3, 0.4) is 0 Å². The van der Waals surface area contributed by atoms with E-state index in [1.165, 1.54) is 17.7 Å². The molecular formula is C30H26N6OS. The molecule has 3 aromatic carbocycles. The number of benzene rings is 3. The number of nitrogens with zero attached hydrogens (tertiary/aromatic N) is 5. The van der Waals surface area contributed by atoms with Crippen LogP contribution in [0.1, 0.15) is 18.7 Å². The lowest BCUT2D eigenvalue weighted by atomic mass is 9.97. The number of thiazole rings is 1. The number of hydrogen-bond acceptors (Lipinski definition) is 7. The average molecular weight is 519 g/mol. The predicted octanol–water partition coefficient (Wildman–Crippen LogP) is 6.30. The van der Waals surface area contributed by atoms with Gasteiger partial charge < -0.3 is 10.2 Å². The Morgan fingerprint density at radius 3 is 2.55 bits per heavy atom. The molecule has 6 aromatic rings. The first kappa shape index (κ1) is 23.8. The minimum atomic E-state index is -0.243. The van der Waals surface area contributed by atoms with Crippen LogP contribution in [0.4, 0.5) is 11.5 Å². The first-order chi connectivity index (χ1) is 18.5. The molecule has 188 valence electrons. The van der Waals surface area contributed by atoms with Crippen LogP contribution in [0.2, 0.25) is 0 Å². The lowest BCUT2D eigenvalue weighted by Crippen LogP contribution is -2.26. The molecule has 1 atom stereocenters. The monoisotopic (exact) mass is 518 g/mol. The fraction of sp³-hybridized carbons (Fsp3) is 0.133. The third kappa shape index (κ3) is 4.18. The number of pyridine rings is 1. The van der Waals surface area contributed by atoms with E-state index in [1.54, 1.807) is 10.1 Å². The Kier molecular flexibility index (Phi) is 6.09. The number of aromatic nitrogens is 4. The minimum absolute atomic E-state index is 0.0651. The van der Waals surface area contributed by atoms with E-state index in [9.17, 15) is 4.79 Å². The highest BCUT2D eigenvalue weighted by molar-refractivity contribution is 7.16. The Balaban J connectivity index is 1.56. The van der Waals surface area contributed by atoms with Crippen molar-refractivity contribution in [3.8, 4) is 16.8 Å². The first-order valence-corrected chi connectivity index (χ1v) is 13.2. The van der Waals surface area contributed by atoms with E-state index in [2.05, 4.69) is 49.4 Å². The predicted molar refractivity (Wildman–Crippen MR) is 157 cm³/mol. The summed E-state index contributed by atoms with van der Waals surface area (Å²) >= 11 is 1.47. The largest absolute Gasteiger partial charge is 0.378 e. The molecule has 7 nitrogen and oxygen atoms in total. The normalized spacial score (nSPS) is 12.1. The summed E-state index contributed by atoms with van der Waals surface area (Å²) in [5.41, 5.74) is 7.05. The summed E-state index contributed by atoms with van der Waals surface area (Å²) in [4.78, 5) is 30.4.